The number of amides is 7. The van der Waals surface area contributed by atoms with E-state index in [2.05, 4.69) is 69.8 Å². The zero-order valence-electron chi connectivity index (χ0n) is 32.5. The van der Waals surface area contributed by atoms with E-state index in [1.54, 1.807) is 135 Å². The molecule has 1 unspecified atom stereocenters. The number of nitrogens with zero attached hydrogens (tertiary/aromatic N) is 4. The minimum atomic E-state index is -2.24. The molecule has 2 heterocycles. The number of carbonyl (C=O) groups excluding carboxylic acids is 5. The van der Waals surface area contributed by atoms with E-state index >= 15 is 0 Å². The Kier molecular flexibility index (Phi) is 18.1. The zero-order valence-corrected chi connectivity index (χ0v) is 41.9. The molecule has 0 aliphatic carbocycles. The van der Waals surface area contributed by atoms with E-state index in [1.165, 1.54) is 7.11 Å². The molecule has 0 spiro atoms. The van der Waals surface area contributed by atoms with Gasteiger partial charge in [0.15, 0.2) is 0 Å². The second-order valence-electron chi connectivity index (χ2n) is 12.6. The van der Waals surface area contributed by atoms with Crippen LogP contribution in [0.2, 0.25) is 0 Å². The number of hydrogen-bond acceptors (Lipinski definition) is 8. The molecule has 1 atom stereocenters. The average Bonchev–Trinajstić information content (AvgIpc) is 3.61. The van der Waals surface area contributed by atoms with Crippen molar-refractivity contribution in [2.24, 2.45) is 0 Å². The molecular formula is C44H31Br5MgN4O8. The number of ether oxygens (including phenoxy) is 2. The number of imide groups is 3. The molecule has 0 saturated carbocycles. The number of benzene rings is 6. The molecule has 6 aromatic carbocycles. The third-order valence-corrected chi connectivity index (χ3v) is 11.0. The number of carbonyl (C=O) groups is 5. The number of rotatable bonds is 7. The minimum absolute atomic E-state index is 0. The van der Waals surface area contributed by atoms with Gasteiger partial charge in [0.05, 0.1) is 31.3 Å². The Morgan fingerprint density at radius 2 is 0.935 bits per heavy atom. The quantitative estimate of drug-likeness (QED) is 0.0793. The van der Waals surface area contributed by atoms with Gasteiger partial charge in [0.2, 0.25) is 0 Å². The SMILES string of the molecule is COc1c[c-]ccc1.COc1cccc(C2(O)C(=O)N(c3ccc(Br)cc3)C(=O)N2c2ccc(Br)cc2)c1.O=C1C(=O)N(c2ccc(Br)cc2)C(=O)N1c1ccc(Br)cc1.[Br-].[Mg+2]. The minimum Gasteiger partial charge on any atom is -1.00 e. The van der Waals surface area contributed by atoms with E-state index in [1.807, 2.05) is 18.2 Å². The van der Waals surface area contributed by atoms with Gasteiger partial charge in [-0.3, -0.25) is 19.3 Å². The molecule has 0 radical (unpaired) electrons. The van der Waals surface area contributed by atoms with E-state index in [4.69, 9.17) is 9.47 Å². The van der Waals surface area contributed by atoms with Gasteiger partial charge < -0.3 is 31.6 Å². The first-order chi connectivity index (χ1) is 28.8. The van der Waals surface area contributed by atoms with Crippen LogP contribution in [0.25, 0.3) is 0 Å². The van der Waals surface area contributed by atoms with Gasteiger partial charge in [-0.2, -0.15) is 18.2 Å². The van der Waals surface area contributed by atoms with Crippen LogP contribution in [0.1, 0.15) is 5.56 Å². The van der Waals surface area contributed by atoms with Crippen molar-refractivity contribution in [3.8, 4) is 11.5 Å². The summed E-state index contributed by atoms with van der Waals surface area (Å²) in [6, 6.07) is 42.1. The van der Waals surface area contributed by atoms with Gasteiger partial charge in [-0.1, -0.05) is 75.9 Å². The van der Waals surface area contributed by atoms with E-state index in [0.29, 0.717) is 28.5 Å². The van der Waals surface area contributed by atoms with Gasteiger partial charge in [-0.25, -0.2) is 24.3 Å². The van der Waals surface area contributed by atoms with Crippen LogP contribution in [0.3, 0.4) is 0 Å². The first-order valence-electron chi connectivity index (χ1n) is 17.6. The summed E-state index contributed by atoms with van der Waals surface area (Å²) in [5, 5.41) is 11.7. The first-order valence-corrected chi connectivity index (χ1v) is 20.8. The van der Waals surface area contributed by atoms with Crippen LogP contribution < -0.4 is 46.1 Å². The van der Waals surface area contributed by atoms with Crippen molar-refractivity contribution in [1.29, 1.82) is 0 Å². The van der Waals surface area contributed by atoms with E-state index < -0.39 is 35.5 Å². The molecule has 62 heavy (non-hydrogen) atoms. The number of hydrogen-bond donors (Lipinski definition) is 1. The molecule has 312 valence electrons. The Bertz CT molecular complexity index is 2470. The summed E-state index contributed by atoms with van der Waals surface area (Å²) in [5.41, 5.74) is -0.581. The molecule has 7 amide bonds. The van der Waals surface area contributed by atoms with Crippen LogP contribution in [0.4, 0.5) is 32.3 Å². The molecule has 0 aromatic heterocycles. The van der Waals surface area contributed by atoms with Crippen molar-refractivity contribution in [3.63, 3.8) is 0 Å². The molecule has 2 saturated heterocycles. The summed E-state index contributed by atoms with van der Waals surface area (Å²) in [6.45, 7) is 0. The van der Waals surface area contributed by atoms with Crippen molar-refractivity contribution in [2.75, 3.05) is 33.8 Å². The number of methoxy groups -OCH3 is 2. The Balaban J connectivity index is 0.000000231. The maximum Gasteiger partial charge on any atom is 2.00 e. The van der Waals surface area contributed by atoms with Gasteiger partial charge in [-0.05, 0) is 109 Å². The Labute approximate surface area is 417 Å². The molecule has 6 aromatic rings. The standard InChI is InChI=1S/C22H16Br2N2O4.C15H8Br2N2O3.C7H7O.BrH.Mg/c1-30-19-4-2-3-14(13-19)22(29)20(27)25(17-9-5-15(23)6-10-17)21(28)26(22)18-11-7-16(24)8-12-18;16-9-1-5-11(6-2-9)18-13(20)14(21)19(15(18)22)12-7-3-10(17)4-8-12;1-8-7-5-3-2-4-6-7;;/h2-13,29H,1H3;1-8H;2-3,5-6H,1H3;1H;/q;;-1;;+2/p-1. The summed E-state index contributed by atoms with van der Waals surface area (Å²) < 4.78 is 13.4. The van der Waals surface area contributed by atoms with Crippen molar-refractivity contribution >= 4 is 139 Å². The molecule has 12 nitrogen and oxygen atoms in total. The summed E-state index contributed by atoms with van der Waals surface area (Å²) in [4.78, 5) is 67.6. The Hall–Kier alpha value is -4.40. The van der Waals surface area contributed by atoms with Gasteiger partial charge in [-0.15, -0.1) is 12.1 Å². The van der Waals surface area contributed by atoms with Crippen molar-refractivity contribution in [3.05, 3.63) is 175 Å². The fourth-order valence-corrected chi connectivity index (χ4v) is 7.04. The molecule has 0 bridgehead atoms. The van der Waals surface area contributed by atoms with Gasteiger partial charge in [0.25, 0.3) is 11.6 Å². The van der Waals surface area contributed by atoms with Crippen LogP contribution in [0.5, 0.6) is 11.5 Å². The number of aliphatic hydroxyl groups is 1. The topological polar surface area (TPSA) is 137 Å². The summed E-state index contributed by atoms with van der Waals surface area (Å²) in [6.07, 6.45) is 0. The van der Waals surface area contributed by atoms with E-state index in [0.717, 1.165) is 43.2 Å². The second kappa shape index (κ2) is 22.3. The first kappa shape index (κ1) is 50.2. The average molecular weight is 1170 g/mol. The monoisotopic (exact) mass is 1160 g/mol. The van der Waals surface area contributed by atoms with Crippen LogP contribution in [-0.2, 0) is 20.1 Å². The summed E-state index contributed by atoms with van der Waals surface area (Å²) in [5.74, 6) is -1.19. The second-order valence-corrected chi connectivity index (χ2v) is 16.2. The Morgan fingerprint density at radius 1 is 0.532 bits per heavy atom. The Morgan fingerprint density at radius 3 is 1.32 bits per heavy atom. The largest absolute Gasteiger partial charge is 2.00 e. The third kappa shape index (κ3) is 10.8. The van der Waals surface area contributed by atoms with Crippen LogP contribution in [-0.4, -0.2) is 72.2 Å². The number of halogens is 5. The molecule has 18 heteroatoms. The number of anilines is 4. The van der Waals surface area contributed by atoms with E-state index in [9.17, 15) is 29.1 Å². The fourth-order valence-electron chi connectivity index (χ4n) is 5.98. The predicted octanol–water partition coefficient (Wildman–Crippen LogP) is 6.87. The van der Waals surface area contributed by atoms with Crippen molar-refractivity contribution < 1.29 is 55.5 Å². The summed E-state index contributed by atoms with van der Waals surface area (Å²) in [7, 11) is 3.13. The molecule has 2 aliphatic heterocycles. The maximum absolute atomic E-state index is 13.5. The molecular weight excluding hydrogens is 1140 g/mol. The van der Waals surface area contributed by atoms with Gasteiger partial charge in [0.1, 0.15) is 5.75 Å². The maximum atomic E-state index is 13.5. The van der Waals surface area contributed by atoms with Gasteiger partial charge in [0, 0.05) is 34.9 Å². The molecule has 2 fully saturated rings. The van der Waals surface area contributed by atoms with Crippen molar-refractivity contribution in [1.82, 2.24) is 0 Å². The van der Waals surface area contributed by atoms with Crippen LogP contribution >= 0.6 is 63.7 Å². The number of urea groups is 2. The molecule has 2 aliphatic rings. The third-order valence-electron chi connectivity index (χ3n) is 8.91. The fraction of sp³-hybridized carbons (Fsp3) is 0.0682. The van der Waals surface area contributed by atoms with Crippen LogP contribution in [0, 0.1) is 6.07 Å². The van der Waals surface area contributed by atoms with Crippen LogP contribution in [0.15, 0.2) is 163 Å². The molecule has 8 rings (SSSR count). The molecule has 1 N–H and O–H groups in total. The summed E-state index contributed by atoms with van der Waals surface area (Å²) >= 11 is 13.3. The van der Waals surface area contributed by atoms with Gasteiger partial charge >= 0.3 is 46.9 Å². The van der Waals surface area contributed by atoms with Crippen molar-refractivity contribution in [2.45, 2.75) is 5.72 Å². The zero-order chi connectivity index (χ0) is 43.1. The van der Waals surface area contributed by atoms with E-state index in [-0.39, 0.29) is 45.6 Å². The predicted molar refractivity (Wildman–Crippen MR) is 247 cm³/mol. The smallest absolute Gasteiger partial charge is 1.00 e. The normalized spacial score (nSPS) is 15.5.